The summed E-state index contributed by atoms with van der Waals surface area (Å²) < 4.78 is 40.0. The molecular weight excluding hydrogens is 1150 g/mol. The molecule has 15 nitrogen and oxygen atoms in total. The van der Waals surface area contributed by atoms with Gasteiger partial charge in [0.05, 0.1) is 35.1 Å². The second-order valence-corrected chi connectivity index (χ2v) is 12.4. The molecule has 2 aromatic heterocycles. The van der Waals surface area contributed by atoms with Gasteiger partial charge in [-0.25, -0.2) is 14.6 Å². The van der Waals surface area contributed by atoms with Crippen LogP contribution in [0.4, 0.5) is 11.6 Å². The number of carbonyl (C=O) groups excluding carboxylic acids is 2. The molecule has 0 amide bonds. The van der Waals surface area contributed by atoms with Crippen molar-refractivity contribution in [3.63, 3.8) is 0 Å². The van der Waals surface area contributed by atoms with Gasteiger partial charge in [-0.15, -0.1) is 0 Å². The summed E-state index contributed by atoms with van der Waals surface area (Å²) in [5.74, 6) is -0.312. The topological polar surface area (TPSA) is 217 Å². The molecule has 2 radical (unpaired) electrons. The molecular formula is C31H34Ac2N6O9S3-2. The average Bonchev–Trinajstić information content (AvgIpc) is 3.80. The van der Waals surface area contributed by atoms with Crippen molar-refractivity contribution in [2.24, 2.45) is 0 Å². The van der Waals surface area contributed by atoms with Gasteiger partial charge in [0.15, 0.2) is 5.44 Å². The molecule has 0 saturated carbocycles. The minimum Gasteiger partial charge on any atom is -0.496 e. The number of hydrogen-bond donors (Lipinski definition) is 2. The number of thiol groups is 1. The summed E-state index contributed by atoms with van der Waals surface area (Å²) in [6, 6.07) is 20.2. The van der Waals surface area contributed by atoms with Crippen molar-refractivity contribution in [3.05, 3.63) is 118 Å². The molecule has 20 heteroatoms. The van der Waals surface area contributed by atoms with Crippen molar-refractivity contribution < 1.29 is 126 Å². The molecule has 2 aliphatic rings. The summed E-state index contributed by atoms with van der Waals surface area (Å²) in [6.45, 7) is 0.950. The molecule has 0 bridgehead atoms. The van der Waals surface area contributed by atoms with E-state index < -0.39 is 33.9 Å². The molecule has 2 saturated heterocycles. The summed E-state index contributed by atoms with van der Waals surface area (Å²) in [5, 5.41) is 3.66. The standard InChI is InChI=1S/C15H15N3O4S.C11H12O4S.C4H4N3O.CH4S.2Ac/c16-11-6-7-18(15(20)17-11)12-8-21-13(23-12)9-22-14(19)10-4-2-1-3-5-10;12-11(9-4-2-1-3-5-9)15-8-10-14-6-7-16(10)13;5-3-1-2-6-4(8)7-3;1-2;;/h1-7,12-13H,8-9H2,(H2,16,17,20);1-5,10H,6-8H2;1-2H,(H2-,5,6,7,8);2H,1H3;;/q;;-1;;;/p-1/i/hT. The Kier molecular flexibility index (Phi) is 23.4. The number of rotatable bonds is 8. The largest absolute Gasteiger partial charge is 0.496 e. The Labute approximate surface area is 379 Å². The molecule has 4 heterocycles. The van der Waals surface area contributed by atoms with Gasteiger partial charge < -0.3 is 50.1 Å². The van der Waals surface area contributed by atoms with Crippen LogP contribution in [0.25, 0.3) is 11.5 Å². The molecule has 51 heavy (non-hydrogen) atoms. The van der Waals surface area contributed by atoms with Crippen LogP contribution in [0.15, 0.2) is 90.0 Å². The third kappa shape index (κ3) is 16.9. The number of aromatic nitrogens is 4. The Morgan fingerprint density at radius 2 is 1.55 bits per heavy atom. The molecule has 6 rings (SSSR count). The monoisotopic (exact) mass is 1190 g/mol. The Morgan fingerprint density at radius 3 is 2.06 bits per heavy atom. The van der Waals surface area contributed by atoms with Crippen molar-refractivity contribution in [1.29, 1.82) is 1.43 Å². The molecule has 0 aliphatic carbocycles. The van der Waals surface area contributed by atoms with Gasteiger partial charge in [0.1, 0.15) is 24.0 Å². The van der Waals surface area contributed by atoms with E-state index in [4.69, 9.17) is 31.8 Å². The zero-order valence-electron chi connectivity index (χ0n) is 28.2. The van der Waals surface area contributed by atoms with Gasteiger partial charge in [0.25, 0.3) is 1.43 Å². The number of carbonyl (C=O) groups is 2. The molecule has 3 N–H and O–H groups in total. The maximum Gasteiger partial charge on any atom is 0.338 e. The molecule has 4 aromatic rings. The van der Waals surface area contributed by atoms with Gasteiger partial charge in [-0.3, -0.25) is 9.00 Å². The number of ether oxygens (including phenoxy) is 4. The summed E-state index contributed by atoms with van der Waals surface area (Å²) in [5.41, 5.74) is 13.9. The van der Waals surface area contributed by atoms with Gasteiger partial charge in [0, 0.05) is 106 Å². The van der Waals surface area contributed by atoms with E-state index in [2.05, 4.69) is 32.7 Å². The SMILES string of the molecule is CS.O=C(OCC1OCCS1=O)c1ccccc1.[3H]Oc1nccc([NH-])n1.[Ac].[Ac].[NH-]c1ccn(C2COC(COC(=O)c3ccccc3)S2)c(=O)n1. The van der Waals surface area contributed by atoms with Crippen molar-refractivity contribution in [2.75, 3.05) is 38.4 Å². The van der Waals surface area contributed by atoms with Crippen molar-refractivity contribution in [1.82, 2.24) is 19.5 Å². The van der Waals surface area contributed by atoms with Crippen molar-refractivity contribution >= 4 is 58.8 Å². The van der Waals surface area contributed by atoms with Crippen LogP contribution in [-0.4, -0.2) is 91.5 Å². The minimum atomic E-state index is -1.03. The van der Waals surface area contributed by atoms with E-state index in [1.54, 1.807) is 54.8 Å². The van der Waals surface area contributed by atoms with E-state index in [9.17, 15) is 18.6 Å². The normalized spacial score (nSPS) is 18.5. The fraction of sp³-hybridized carbons (Fsp3) is 0.290. The Bertz CT molecular complexity index is 1740. The van der Waals surface area contributed by atoms with E-state index >= 15 is 0 Å². The molecule has 268 valence electrons. The fourth-order valence-electron chi connectivity index (χ4n) is 3.84. The molecule has 2 aromatic carbocycles. The van der Waals surface area contributed by atoms with Crippen LogP contribution in [0.2, 0.25) is 0 Å². The fourth-order valence-corrected chi connectivity index (χ4v) is 5.94. The van der Waals surface area contributed by atoms with Crippen LogP contribution in [0, 0.1) is 88.1 Å². The van der Waals surface area contributed by atoms with E-state index in [1.807, 2.05) is 12.1 Å². The Hall–Kier alpha value is -1.61. The molecule has 0 spiro atoms. The van der Waals surface area contributed by atoms with Gasteiger partial charge in [-0.05, 0) is 42.7 Å². The number of nitrogens with one attached hydrogen (secondary N) is 2. The first-order valence-electron chi connectivity index (χ1n) is 14.8. The van der Waals surface area contributed by atoms with Gasteiger partial charge >= 0.3 is 11.9 Å². The minimum absolute atomic E-state index is 0. The van der Waals surface area contributed by atoms with E-state index in [1.165, 1.54) is 40.9 Å². The number of aromatic hydroxyl groups is 1. The first-order valence-corrected chi connectivity index (χ1v) is 17.6. The summed E-state index contributed by atoms with van der Waals surface area (Å²) >= 11 is 4.91. The van der Waals surface area contributed by atoms with Crippen LogP contribution in [-0.2, 0) is 29.7 Å². The zero-order valence-corrected chi connectivity index (χ0v) is 39.3. The van der Waals surface area contributed by atoms with E-state index in [0.717, 1.165) is 0 Å². The maximum atomic E-state index is 11.9. The Balaban J connectivity index is 0.000000407. The van der Waals surface area contributed by atoms with Crippen LogP contribution in [0.3, 0.4) is 0 Å². The van der Waals surface area contributed by atoms with Crippen LogP contribution in [0.1, 0.15) is 26.1 Å². The predicted molar refractivity (Wildman–Crippen MR) is 188 cm³/mol. The third-order valence-electron chi connectivity index (χ3n) is 6.11. The number of esters is 2. The van der Waals surface area contributed by atoms with E-state index in [-0.39, 0.29) is 130 Å². The van der Waals surface area contributed by atoms with E-state index in [0.29, 0.717) is 30.1 Å². The summed E-state index contributed by atoms with van der Waals surface area (Å²) in [6.07, 6.45) is 4.58. The second kappa shape index (κ2) is 26.2. The van der Waals surface area contributed by atoms with Gasteiger partial charge in [0.2, 0.25) is 11.7 Å². The quantitative estimate of drug-likeness (QED) is 0.181. The first-order chi connectivity index (χ1) is 24.2. The number of benzene rings is 2. The number of thioether (sulfide) groups is 1. The average molecular weight is 1190 g/mol. The molecule has 2 aliphatic heterocycles. The van der Waals surface area contributed by atoms with Crippen LogP contribution < -0.4 is 5.69 Å². The zero-order chi connectivity index (χ0) is 36.3. The smallest absolute Gasteiger partial charge is 0.338 e. The predicted octanol–water partition coefficient (Wildman–Crippen LogP) is 4.73. The molecule has 2 fully saturated rings. The second-order valence-electron chi connectivity index (χ2n) is 9.39. The van der Waals surface area contributed by atoms with Crippen molar-refractivity contribution in [2.45, 2.75) is 16.2 Å². The third-order valence-corrected chi connectivity index (χ3v) is 8.79. The summed E-state index contributed by atoms with van der Waals surface area (Å²) in [4.78, 5) is 45.7. The first kappa shape index (κ1) is 45.6. The van der Waals surface area contributed by atoms with Gasteiger partial charge in [-0.1, -0.05) is 59.8 Å². The van der Waals surface area contributed by atoms with Crippen molar-refractivity contribution in [3.8, 4) is 6.01 Å². The Morgan fingerprint density at radius 1 is 0.961 bits per heavy atom. The molecule has 4 unspecified atom stereocenters. The molecule has 4 atom stereocenters. The van der Waals surface area contributed by atoms with Crippen LogP contribution >= 0.6 is 24.4 Å². The van der Waals surface area contributed by atoms with Gasteiger partial charge in [-0.2, -0.15) is 12.6 Å². The number of nitrogens with zero attached hydrogens (tertiary/aromatic N) is 4. The van der Waals surface area contributed by atoms with Crippen LogP contribution in [0.5, 0.6) is 6.01 Å². The number of hydrogen-bond acceptors (Lipinski definition) is 14. The maximum absolute atomic E-state index is 11.9. The summed E-state index contributed by atoms with van der Waals surface area (Å²) in [7, 11) is -1.03.